The summed E-state index contributed by atoms with van der Waals surface area (Å²) in [6, 6.07) is 0.782. The second-order valence-corrected chi connectivity index (χ2v) is 4.76. The van der Waals surface area contributed by atoms with Gasteiger partial charge in [0.2, 0.25) is 0 Å². The van der Waals surface area contributed by atoms with Crippen molar-refractivity contribution in [2.45, 2.75) is 58.2 Å². The molecule has 17 heavy (non-hydrogen) atoms. The minimum Gasteiger partial charge on any atom is -0.409 e. The molecule has 1 fully saturated rings. The first-order valence-electron chi connectivity index (χ1n) is 6.46. The smallest absolute Gasteiger partial charge is 0.140 e. The molecule has 0 aromatic heterocycles. The van der Waals surface area contributed by atoms with Gasteiger partial charge in [-0.25, -0.2) is 0 Å². The number of rotatable bonds is 5. The van der Waals surface area contributed by atoms with Crippen molar-refractivity contribution in [1.82, 2.24) is 4.90 Å². The van der Waals surface area contributed by atoms with Crippen LogP contribution in [0.15, 0.2) is 5.16 Å². The van der Waals surface area contributed by atoms with Crippen LogP contribution < -0.4 is 5.73 Å². The van der Waals surface area contributed by atoms with Crippen LogP contribution in [0.5, 0.6) is 0 Å². The minimum atomic E-state index is 0.263. The van der Waals surface area contributed by atoms with Crippen LogP contribution >= 0.6 is 0 Å². The molecule has 0 aliphatic carbocycles. The Morgan fingerprint density at radius 3 is 2.82 bits per heavy atom. The number of hydrogen-bond donors (Lipinski definition) is 2. The van der Waals surface area contributed by atoms with Gasteiger partial charge >= 0.3 is 0 Å². The molecule has 3 unspecified atom stereocenters. The van der Waals surface area contributed by atoms with Gasteiger partial charge in [0, 0.05) is 25.0 Å². The maximum atomic E-state index is 8.67. The third-order valence-corrected chi connectivity index (χ3v) is 3.49. The Bertz CT molecular complexity index is 258. The summed E-state index contributed by atoms with van der Waals surface area (Å²) in [5.41, 5.74) is 5.62. The van der Waals surface area contributed by atoms with Gasteiger partial charge in [0.1, 0.15) is 5.84 Å². The number of nitrogens with two attached hydrogens (primary N) is 1. The van der Waals surface area contributed by atoms with Crippen LogP contribution in [0.4, 0.5) is 0 Å². The molecule has 0 radical (unpaired) electrons. The molecule has 1 aliphatic rings. The van der Waals surface area contributed by atoms with E-state index in [4.69, 9.17) is 15.7 Å². The summed E-state index contributed by atoms with van der Waals surface area (Å²) >= 11 is 0. The van der Waals surface area contributed by atoms with Gasteiger partial charge in [-0.1, -0.05) is 19.0 Å². The zero-order valence-corrected chi connectivity index (χ0v) is 11.1. The van der Waals surface area contributed by atoms with Crippen molar-refractivity contribution in [3.8, 4) is 0 Å². The number of morpholine rings is 1. The molecular weight excluding hydrogens is 218 g/mol. The van der Waals surface area contributed by atoms with Crippen LogP contribution in [0.2, 0.25) is 0 Å². The van der Waals surface area contributed by atoms with E-state index in [1.54, 1.807) is 0 Å². The van der Waals surface area contributed by atoms with Gasteiger partial charge in [-0.2, -0.15) is 0 Å². The largest absolute Gasteiger partial charge is 0.409 e. The van der Waals surface area contributed by atoms with Crippen LogP contribution in [0.3, 0.4) is 0 Å². The van der Waals surface area contributed by atoms with Gasteiger partial charge < -0.3 is 15.7 Å². The Kier molecular flexibility index (Phi) is 5.71. The average Bonchev–Trinajstić information content (AvgIpc) is 2.35. The maximum absolute atomic E-state index is 8.67. The summed E-state index contributed by atoms with van der Waals surface area (Å²) in [4.78, 5) is 2.45. The zero-order chi connectivity index (χ0) is 12.8. The fourth-order valence-electron chi connectivity index (χ4n) is 2.45. The van der Waals surface area contributed by atoms with Crippen molar-refractivity contribution in [1.29, 1.82) is 0 Å². The van der Waals surface area contributed by atoms with E-state index in [-0.39, 0.29) is 6.10 Å². The van der Waals surface area contributed by atoms with Crippen molar-refractivity contribution in [3.63, 3.8) is 0 Å². The fourth-order valence-corrected chi connectivity index (χ4v) is 2.45. The Balaban J connectivity index is 2.69. The highest BCUT2D eigenvalue weighted by Crippen LogP contribution is 2.21. The molecule has 3 N–H and O–H groups in total. The molecule has 100 valence electrons. The summed E-state index contributed by atoms with van der Waals surface area (Å²) < 4.78 is 5.68. The van der Waals surface area contributed by atoms with E-state index in [0.29, 0.717) is 24.3 Å². The number of amidine groups is 1. The average molecular weight is 243 g/mol. The first kappa shape index (κ1) is 14.3. The van der Waals surface area contributed by atoms with Crippen LogP contribution in [0, 0.1) is 0 Å². The van der Waals surface area contributed by atoms with Gasteiger partial charge in [-0.15, -0.1) is 0 Å². The van der Waals surface area contributed by atoms with Crippen molar-refractivity contribution in [2.75, 3.05) is 13.2 Å². The third-order valence-electron chi connectivity index (χ3n) is 3.49. The molecule has 1 rings (SSSR count). The van der Waals surface area contributed by atoms with Crippen LogP contribution in [-0.4, -0.2) is 47.3 Å². The lowest BCUT2D eigenvalue weighted by atomic mass is 10.0. The third kappa shape index (κ3) is 3.85. The highest BCUT2D eigenvalue weighted by atomic mass is 16.5. The second-order valence-electron chi connectivity index (χ2n) is 4.76. The quantitative estimate of drug-likeness (QED) is 0.331. The van der Waals surface area contributed by atoms with E-state index < -0.39 is 0 Å². The molecule has 1 saturated heterocycles. The standard InChI is InChI=1S/C12H25N3O2/c1-4-10(6-12(13)14-16)15-7-9(3)17-8-11(15)5-2/h9-11,16H,4-8H2,1-3H3,(H2,13,14). The molecule has 0 saturated carbocycles. The van der Waals surface area contributed by atoms with E-state index in [2.05, 4.69) is 30.8 Å². The molecule has 1 aliphatic heterocycles. The molecule has 3 atom stereocenters. The second kappa shape index (κ2) is 6.81. The van der Waals surface area contributed by atoms with E-state index in [1.807, 2.05) is 0 Å². The first-order valence-corrected chi connectivity index (χ1v) is 6.46. The summed E-state index contributed by atoms with van der Waals surface area (Å²) in [6.07, 6.45) is 2.95. The van der Waals surface area contributed by atoms with Crippen molar-refractivity contribution in [3.05, 3.63) is 0 Å². The number of hydrogen-bond acceptors (Lipinski definition) is 4. The molecule has 0 aromatic rings. The predicted molar refractivity (Wildman–Crippen MR) is 68.3 cm³/mol. The molecule has 0 amide bonds. The van der Waals surface area contributed by atoms with Gasteiger partial charge in [-0.3, -0.25) is 4.90 Å². The monoisotopic (exact) mass is 243 g/mol. The van der Waals surface area contributed by atoms with Crippen LogP contribution in [0.1, 0.15) is 40.0 Å². The zero-order valence-electron chi connectivity index (χ0n) is 11.1. The SMILES string of the molecule is CCC1COC(C)CN1C(CC)CC(N)=NO. The van der Waals surface area contributed by atoms with Crippen molar-refractivity contribution in [2.24, 2.45) is 10.9 Å². The fraction of sp³-hybridized carbons (Fsp3) is 0.917. The van der Waals surface area contributed by atoms with Gasteiger partial charge in [0.05, 0.1) is 12.7 Å². The lowest BCUT2D eigenvalue weighted by Gasteiger charge is -2.42. The van der Waals surface area contributed by atoms with Crippen LogP contribution in [0.25, 0.3) is 0 Å². The topological polar surface area (TPSA) is 71.1 Å². The Morgan fingerprint density at radius 2 is 2.29 bits per heavy atom. The summed E-state index contributed by atoms with van der Waals surface area (Å²) in [7, 11) is 0. The molecule has 0 spiro atoms. The highest BCUT2D eigenvalue weighted by molar-refractivity contribution is 5.80. The number of ether oxygens (including phenoxy) is 1. The Morgan fingerprint density at radius 1 is 1.59 bits per heavy atom. The predicted octanol–water partition coefficient (Wildman–Crippen LogP) is 1.40. The number of oxime groups is 1. The van der Waals surface area contributed by atoms with E-state index in [9.17, 15) is 0 Å². The molecular formula is C12H25N3O2. The molecule has 5 heteroatoms. The number of nitrogens with zero attached hydrogens (tertiary/aromatic N) is 2. The molecule has 0 bridgehead atoms. The lowest BCUT2D eigenvalue weighted by molar-refractivity contribution is -0.0720. The van der Waals surface area contributed by atoms with E-state index >= 15 is 0 Å². The van der Waals surface area contributed by atoms with Crippen molar-refractivity contribution >= 4 is 5.84 Å². The minimum absolute atomic E-state index is 0.263. The summed E-state index contributed by atoms with van der Waals surface area (Å²) in [5, 5.41) is 11.7. The summed E-state index contributed by atoms with van der Waals surface area (Å²) in [6.45, 7) is 8.12. The van der Waals surface area contributed by atoms with E-state index in [1.165, 1.54) is 0 Å². The maximum Gasteiger partial charge on any atom is 0.140 e. The Hall–Kier alpha value is -0.810. The van der Waals surface area contributed by atoms with E-state index in [0.717, 1.165) is 26.0 Å². The van der Waals surface area contributed by atoms with Crippen LogP contribution in [-0.2, 0) is 4.74 Å². The first-order chi connectivity index (χ1) is 8.12. The van der Waals surface area contributed by atoms with Gasteiger partial charge in [-0.05, 0) is 19.8 Å². The van der Waals surface area contributed by atoms with Gasteiger partial charge in [0.15, 0.2) is 0 Å². The van der Waals surface area contributed by atoms with Gasteiger partial charge in [0.25, 0.3) is 0 Å². The summed E-state index contributed by atoms with van der Waals surface area (Å²) in [5.74, 6) is 0.311. The molecule has 5 nitrogen and oxygen atoms in total. The van der Waals surface area contributed by atoms with Crippen molar-refractivity contribution < 1.29 is 9.94 Å². The normalized spacial score (nSPS) is 29.2. The Labute approximate surface area is 104 Å². The molecule has 0 aromatic carbocycles. The highest BCUT2D eigenvalue weighted by Gasteiger charge is 2.30. The molecule has 1 heterocycles. The lowest BCUT2D eigenvalue weighted by Crippen LogP contribution is -2.53.